The number of anilines is 1. The molecule has 0 aliphatic carbocycles. The van der Waals surface area contributed by atoms with E-state index in [9.17, 15) is 4.79 Å². The second-order valence-electron chi connectivity index (χ2n) is 5.32. The number of aryl methyl sites for hydroxylation is 1. The van der Waals surface area contributed by atoms with Crippen molar-refractivity contribution in [2.45, 2.75) is 53.5 Å². The zero-order valence-corrected chi connectivity index (χ0v) is 12.9. The predicted molar refractivity (Wildman–Crippen MR) is 78.8 cm³/mol. The first-order valence-corrected chi connectivity index (χ1v) is 7.52. The molecule has 0 saturated heterocycles. The monoisotopic (exact) mass is 268 g/mol. The third-order valence-corrected chi connectivity index (χ3v) is 3.80. The molecule has 1 heterocycles. The van der Waals surface area contributed by atoms with Crippen LogP contribution < -0.4 is 4.90 Å². The van der Waals surface area contributed by atoms with Crippen LogP contribution in [0.2, 0.25) is 0 Å². The fourth-order valence-electron chi connectivity index (χ4n) is 1.88. The molecule has 0 aliphatic heterocycles. The van der Waals surface area contributed by atoms with E-state index in [1.54, 1.807) is 0 Å². The third kappa shape index (κ3) is 3.80. The molecule has 1 rings (SSSR count). The first-order valence-electron chi connectivity index (χ1n) is 6.71. The lowest BCUT2D eigenvalue weighted by molar-refractivity contribution is 0.112. The molecule has 3 nitrogen and oxygen atoms in total. The van der Waals surface area contributed by atoms with Gasteiger partial charge in [-0.2, -0.15) is 0 Å². The molecular formula is C14H24N2OS. The molecule has 4 heteroatoms. The lowest BCUT2D eigenvalue weighted by atomic mass is 10.2. The van der Waals surface area contributed by atoms with Gasteiger partial charge in [0, 0.05) is 12.6 Å². The van der Waals surface area contributed by atoms with Crippen LogP contribution in [-0.4, -0.2) is 23.9 Å². The Bertz CT molecular complexity index is 385. The van der Waals surface area contributed by atoms with Crippen molar-refractivity contribution in [1.29, 1.82) is 0 Å². The summed E-state index contributed by atoms with van der Waals surface area (Å²) in [6, 6.07) is 0.410. The SMILES string of the molecule is CCCc1nc(N(CC(C)C)C(C)C)sc1C=O. The Morgan fingerprint density at radius 3 is 2.44 bits per heavy atom. The fourth-order valence-corrected chi connectivity index (χ4v) is 2.95. The Morgan fingerprint density at radius 2 is 2.00 bits per heavy atom. The van der Waals surface area contributed by atoms with Crippen molar-refractivity contribution in [2.75, 3.05) is 11.4 Å². The zero-order valence-electron chi connectivity index (χ0n) is 12.1. The van der Waals surface area contributed by atoms with Crippen molar-refractivity contribution in [3.05, 3.63) is 10.6 Å². The van der Waals surface area contributed by atoms with Gasteiger partial charge in [-0.25, -0.2) is 4.98 Å². The molecule has 0 unspecified atom stereocenters. The van der Waals surface area contributed by atoms with E-state index in [2.05, 4.69) is 44.5 Å². The minimum atomic E-state index is 0.410. The predicted octanol–water partition coefficient (Wildman–Crippen LogP) is 3.78. The highest BCUT2D eigenvalue weighted by atomic mass is 32.1. The van der Waals surface area contributed by atoms with Gasteiger partial charge in [0.05, 0.1) is 10.6 Å². The highest BCUT2D eigenvalue weighted by Crippen LogP contribution is 2.28. The lowest BCUT2D eigenvalue weighted by Crippen LogP contribution is -2.34. The summed E-state index contributed by atoms with van der Waals surface area (Å²) in [6.07, 6.45) is 2.86. The molecule has 0 fully saturated rings. The standard InChI is InChI=1S/C14H24N2OS/c1-6-7-12-13(9-17)18-14(15-12)16(11(4)5)8-10(2)3/h9-11H,6-8H2,1-5H3. The van der Waals surface area contributed by atoms with Gasteiger partial charge in [-0.05, 0) is 26.2 Å². The summed E-state index contributed by atoms with van der Waals surface area (Å²) in [4.78, 5) is 18.8. The minimum absolute atomic E-state index is 0.410. The van der Waals surface area contributed by atoms with Gasteiger partial charge in [-0.15, -0.1) is 0 Å². The summed E-state index contributed by atoms with van der Waals surface area (Å²) in [5.74, 6) is 0.589. The molecule has 1 aromatic rings. The van der Waals surface area contributed by atoms with Gasteiger partial charge in [0.1, 0.15) is 0 Å². The summed E-state index contributed by atoms with van der Waals surface area (Å²) in [6.45, 7) is 11.8. The van der Waals surface area contributed by atoms with E-state index in [-0.39, 0.29) is 0 Å². The summed E-state index contributed by atoms with van der Waals surface area (Å²) < 4.78 is 0. The number of aldehydes is 1. The number of carbonyl (C=O) groups excluding carboxylic acids is 1. The first kappa shape index (κ1) is 15.2. The Labute approximate surface area is 114 Å². The smallest absolute Gasteiger partial charge is 0.186 e. The molecule has 0 atom stereocenters. The van der Waals surface area contributed by atoms with Gasteiger partial charge in [0.15, 0.2) is 11.4 Å². The maximum atomic E-state index is 11.1. The molecule has 0 aliphatic rings. The van der Waals surface area contributed by atoms with Crippen molar-refractivity contribution in [2.24, 2.45) is 5.92 Å². The Kier molecular flexibility index (Phi) is 5.79. The number of hydrogen-bond acceptors (Lipinski definition) is 4. The van der Waals surface area contributed by atoms with Gasteiger partial charge in [-0.3, -0.25) is 4.79 Å². The van der Waals surface area contributed by atoms with Crippen LogP contribution >= 0.6 is 11.3 Å². The molecule has 0 spiro atoms. The highest BCUT2D eigenvalue weighted by molar-refractivity contribution is 7.17. The van der Waals surface area contributed by atoms with Gasteiger partial charge < -0.3 is 4.90 Å². The molecule has 0 aromatic carbocycles. The summed E-state index contributed by atoms with van der Waals surface area (Å²) >= 11 is 1.52. The third-order valence-electron chi connectivity index (χ3n) is 2.74. The van der Waals surface area contributed by atoms with E-state index in [4.69, 9.17) is 0 Å². The number of carbonyl (C=O) groups is 1. The molecule has 0 saturated carbocycles. The van der Waals surface area contributed by atoms with Crippen LogP contribution in [0.25, 0.3) is 0 Å². The second-order valence-corrected chi connectivity index (χ2v) is 6.32. The quantitative estimate of drug-likeness (QED) is 0.706. The molecule has 0 bridgehead atoms. The van der Waals surface area contributed by atoms with Gasteiger partial charge in [0.25, 0.3) is 0 Å². The summed E-state index contributed by atoms with van der Waals surface area (Å²) in [5.41, 5.74) is 0.960. The number of thiazole rings is 1. The number of aromatic nitrogens is 1. The molecule has 0 amide bonds. The highest BCUT2D eigenvalue weighted by Gasteiger charge is 2.18. The summed E-state index contributed by atoms with van der Waals surface area (Å²) in [5, 5.41) is 0.990. The average Bonchev–Trinajstić information content (AvgIpc) is 2.69. The van der Waals surface area contributed by atoms with Crippen LogP contribution in [-0.2, 0) is 6.42 Å². The van der Waals surface area contributed by atoms with Crippen molar-refractivity contribution in [3.8, 4) is 0 Å². The van der Waals surface area contributed by atoms with Gasteiger partial charge in [-0.1, -0.05) is 38.5 Å². The molecule has 0 radical (unpaired) electrons. The van der Waals surface area contributed by atoms with Crippen molar-refractivity contribution >= 4 is 22.8 Å². The Balaban J connectivity index is 3.01. The van der Waals surface area contributed by atoms with E-state index in [0.29, 0.717) is 12.0 Å². The molecule has 1 aromatic heterocycles. The fraction of sp³-hybridized carbons (Fsp3) is 0.714. The molecule has 18 heavy (non-hydrogen) atoms. The van der Waals surface area contributed by atoms with E-state index >= 15 is 0 Å². The summed E-state index contributed by atoms with van der Waals surface area (Å²) in [7, 11) is 0. The molecule has 102 valence electrons. The number of hydrogen-bond donors (Lipinski definition) is 0. The van der Waals surface area contributed by atoms with Gasteiger partial charge >= 0.3 is 0 Å². The zero-order chi connectivity index (χ0) is 13.7. The maximum Gasteiger partial charge on any atom is 0.186 e. The van der Waals surface area contributed by atoms with Crippen molar-refractivity contribution < 1.29 is 4.79 Å². The lowest BCUT2D eigenvalue weighted by Gasteiger charge is -2.27. The van der Waals surface area contributed by atoms with Crippen LogP contribution in [0.3, 0.4) is 0 Å². The number of rotatable bonds is 7. The normalized spacial score (nSPS) is 11.3. The topological polar surface area (TPSA) is 33.2 Å². The van der Waals surface area contributed by atoms with Crippen LogP contribution in [0.15, 0.2) is 0 Å². The van der Waals surface area contributed by atoms with E-state index in [1.165, 1.54) is 11.3 Å². The Hall–Kier alpha value is -0.900. The van der Waals surface area contributed by atoms with Crippen molar-refractivity contribution in [1.82, 2.24) is 4.98 Å². The maximum absolute atomic E-state index is 11.1. The molecule has 0 N–H and O–H groups in total. The van der Waals surface area contributed by atoms with Crippen LogP contribution in [0.1, 0.15) is 56.4 Å². The largest absolute Gasteiger partial charge is 0.345 e. The first-order chi connectivity index (χ1) is 8.49. The van der Waals surface area contributed by atoms with E-state index in [0.717, 1.165) is 41.4 Å². The van der Waals surface area contributed by atoms with Crippen LogP contribution in [0.4, 0.5) is 5.13 Å². The van der Waals surface area contributed by atoms with Gasteiger partial charge in [0.2, 0.25) is 0 Å². The minimum Gasteiger partial charge on any atom is -0.345 e. The van der Waals surface area contributed by atoms with E-state index in [1.807, 2.05) is 0 Å². The van der Waals surface area contributed by atoms with Crippen LogP contribution in [0.5, 0.6) is 0 Å². The second kappa shape index (κ2) is 6.88. The van der Waals surface area contributed by atoms with Crippen LogP contribution in [0, 0.1) is 5.92 Å². The van der Waals surface area contributed by atoms with Crippen molar-refractivity contribution in [3.63, 3.8) is 0 Å². The molecular weight excluding hydrogens is 244 g/mol. The number of nitrogens with zero attached hydrogens (tertiary/aromatic N) is 2. The Morgan fingerprint density at radius 1 is 1.33 bits per heavy atom. The van der Waals surface area contributed by atoms with E-state index < -0.39 is 0 Å². The average molecular weight is 268 g/mol.